The highest BCUT2D eigenvalue weighted by atomic mass is 19.1. The second kappa shape index (κ2) is 5.72. The number of nitrogens with two attached hydrogens (primary N) is 1. The first-order chi connectivity index (χ1) is 10.6. The van der Waals surface area contributed by atoms with Crippen molar-refractivity contribution in [3.63, 3.8) is 0 Å². The lowest BCUT2D eigenvalue weighted by Crippen LogP contribution is -1.99. The summed E-state index contributed by atoms with van der Waals surface area (Å²) in [5, 5.41) is 1.05. The average molecular weight is 298 g/mol. The zero-order valence-electron chi connectivity index (χ0n) is 12.7. The molecule has 0 bridgehead atoms. The first-order valence-electron chi connectivity index (χ1n) is 7.32. The highest BCUT2D eigenvalue weighted by Gasteiger charge is 2.12. The van der Waals surface area contributed by atoms with E-state index in [2.05, 4.69) is 24.6 Å². The van der Waals surface area contributed by atoms with Crippen LogP contribution in [0.15, 0.2) is 48.7 Å². The van der Waals surface area contributed by atoms with E-state index < -0.39 is 0 Å². The number of para-hydroxylation sites is 1. The van der Waals surface area contributed by atoms with Gasteiger partial charge < -0.3 is 15.0 Å². The van der Waals surface area contributed by atoms with Gasteiger partial charge in [0.25, 0.3) is 0 Å². The molecular formula is C18H19FN2O. The summed E-state index contributed by atoms with van der Waals surface area (Å²) in [7, 11) is 0. The lowest BCUT2D eigenvalue weighted by Gasteiger charge is -2.08. The zero-order valence-corrected chi connectivity index (χ0v) is 12.7. The van der Waals surface area contributed by atoms with E-state index in [1.807, 2.05) is 18.2 Å². The number of hydrogen-bond acceptors (Lipinski definition) is 2. The van der Waals surface area contributed by atoms with Gasteiger partial charge >= 0.3 is 0 Å². The molecule has 0 aliphatic carbocycles. The van der Waals surface area contributed by atoms with Crippen molar-refractivity contribution in [2.24, 2.45) is 0 Å². The number of aromatic nitrogens is 1. The standard InChI is InChI=1S/C18H19FN2O/c1-12(2)21-10-13(15-9-14(20)7-8-17(15)21)11-22-18-6-4-3-5-16(18)19/h3-10,12H,11,20H2,1-2H3. The number of halogens is 1. The fraction of sp³-hybridized carbons (Fsp3) is 0.222. The normalized spacial score (nSPS) is 11.3. The molecule has 0 aliphatic rings. The molecule has 1 aromatic heterocycles. The molecule has 3 aromatic rings. The number of ether oxygens (including phenoxy) is 1. The van der Waals surface area contributed by atoms with Crippen molar-refractivity contribution in [2.45, 2.75) is 26.5 Å². The molecule has 2 aromatic carbocycles. The van der Waals surface area contributed by atoms with Crippen molar-refractivity contribution in [2.75, 3.05) is 5.73 Å². The summed E-state index contributed by atoms with van der Waals surface area (Å²) in [4.78, 5) is 0. The minimum atomic E-state index is -0.352. The lowest BCUT2D eigenvalue weighted by atomic mass is 10.1. The minimum Gasteiger partial charge on any atom is -0.486 e. The SMILES string of the molecule is CC(C)n1cc(COc2ccccc2F)c2cc(N)ccc21. The average Bonchev–Trinajstić information content (AvgIpc) is 2.84. The third-order valence-electron chi connectivity index (χ3n) is 3.72. The molecule has 0 radical (unpaired) electrons. The largest absolute Gasteiger partial charge is 0.486 e. The van der Waals surface area contributed by atoms with Crippen molar-refractivity contribution in [3.8, 4) is 5.75 Å². The van der Waals surface area contributed by atoms with Gasteiger partial charge in [-0.15, -0.1) is 0 Å². The summed E-state index contributed by atoms with van der Waals surface area (Å²) in [6.07, 6.45) is 2.05. The van der Waals surface area contributed by atoms with Crippen molar-refractivity contribution in [1.82, 2.24) is 4.57 Å². The zero-order chi connectivity index (χ0) is 15.7. The van der Waals surface area contributed by atoms with Gasteiger partial charge in [0.1, 0.15) is 6.61 Å². The molecule has 0 spiro atoms. The first-order valence-corrected chi connectivity index (χ1v) is 7.32. The molecule has 114 valence electrons. The summed E-state index contributed by atoms with van der Waals surface area (Å²) >= 11 is 0. The van der Waals surface area contributed by atoms with Crippen LogP contribution in [-0.2, 0) is 6.61 Å². The Balaban J connectivity index is 1.96. The Morgan fingerprint density at radius 1 is 1.18 bits per heavy atom. The second-order valence-corrected chi connectivity index (χ2v) is 5.65. The van der Waals surface area contributed by atoms with Crippen molar-refractivity contribution in [3.05, 3.63) is 60.0 Å². The Morgan fingerprint density at radius 2 is 1.95 bits per heavy atom. The molecule has 1 heterocycles. The predicted molar refractivity (Wildman–Crippen MR) is 87.5 cm³/mol. The van der Waals surface area contributed by atoms with Crippen LogP contribution >= 0.6 is 0 Å². The summed E-state index contributed by atoms with van der Waals surface area (Å²) < 4.78 is 21.5. The van der Waals surface area contributed by atoms with Crippen LogP contribution < -0.4 is 10.5 Å². The molecular weight excluding hydrogens is 279 g/mol. The number of fused-ring (bicyclic) bond motifs is 1. The van der Waals surface area contributed by atoms with Gasteiger partial charge in [-0.05, 0) is 44.2 Å². The van der Waals surface area contributed by atoms with Gasteiger partial charge in [-0.3, -0.25) is 0 Å². The molecule has 4 heteroatoms. The van der Waals surface area contributed by atoms with Crippen molar-refractivity contribution < 1.29 is 9.13 Å². The van der Waals surface area contributed by atoms with Crippen LogP contribution in [-0.4, -0.2) is 4.57 Å². The first kappa shape index (κ1) is 14.4. The maximum Gasteiger partial charge on any atom is 0.165 e. The molecule has 22 heavy (non-hydrogen) atoms. The number of nitrogen functional groups attached to an aromatic ring is 1. The summed E-state index contributed by atoms with van der Waals surface area (Å²) in [5.41, 5.74) is 8.72. The summed E-state index contributed by atoms with van der Waals surface area (Å²) in [5.74, 6) is -0.0912. The monoisotopic (exact) mass is 298 g/mol. The highest BCUT2D eigenvalue weighted by Crippen LogP contribution is 2.28. The molecule has 0 atom stereocenters. The number of benzene rings is 2. The molecule has 0 fully saturated rings. The maximum absolute atomic E-state index is 13.7. The topological polar surface area (TPSA) is 40.2 Å². The van der Waals surface area contributed by atoms with E-state index in [-0.39, 0.29) is 11.6 Å². The molecule has 2 N–H and O–H groups in total. The molecule has 0 aliphatic heterocycles. The molecule has 3 rings (SSSR count). The lowest BCUT2D eigenvalue weighted by molar-refractivity contribution is 0.291. The summed E-state index contributed by atoms with van der Waals surface area (Å²) in [6, 6.07) is 12.6. The van der Waals surface area contributed by atoms with E-state index in [1.54, 1.807) is 18.2 Å². The molecule has 3 nitrogen and oxygen atoms in total. The van der Waals surface area contributed by atoms with Gasteiger partial charge in [0.2, 0.25) is 0 Å². The second-order valence-electron chi connectivity index (χ2n) is 5.65. The highest BCUT2D eigenvalue weighted by molar-refractivity contribution is 5.87. The quantitative estimate of drug-likeness (QED) is 0.719. The Labute approximate surface area is 129 Å². The van der Waals surface area contributed by atoms with Crippen LogP contribution in [0.2, 0.25) is 0 Å². The smallest absolute Gasteiger partial charge is 0.165 e. The van der Waals surface area contributed by atoms with E-state index in [4.69, 9.17) is 10.5 Å². The van der Waals surface area contributed by atoms with Crippen LogP contribution in [0.25, 0.3) is 10.9 Å². The predicted octanol–water partition coefficient (Wildman–Crippen LogP) is 4.52. The number of anilines is 1. The van der Waals surface area contributed by atoms with Gasteiger partial charge in [-0.1, -0.05) is 12.1 Å². The Kier molecular flexibility index (Phi) is 3.75. The van der Waals surface area contributed by atoms with Gasteiger partial charge in [0.15, 0.2) is 11.6 Å². The Bertz CT molecular complexity index is 808. The third-order valence-corrected chi connectivity index (χ3v) is 3.72. The molecule has 0 unspecified atom stereocenters. The molecule has 0 amide bonds. The molecule has 0 saturated carbocycles. The third kappa shape index (κ3) is 2.64. The number of rotatable bonds is 4. The van der Waals surface area contributed by atoms with Crippen LogP contribution in [0, 0.1) is 5.82 Å². The fourth-order valence-electron chi connectivity index (χ4n) is 2.60. The van der Waals surface area contributed by atoms with Crippen LogP contribution in [0.4, 0.5) is 10.1 Å². The van der Waals surface area contributed by atoms with Crippen LogP contribution in [0.3, 0.4) is 0 Å². The van der Waals surface area contributed by atoms with Crippen molar-refractivity contribution >= 4 is 16.6 Å². The van der Waals surface area contributed by atoms with Gasteiger partial charge in [0, 0.05) is 34.4 Å². The summed E-state index contributed by atoms with van der Waals surface area (Å²) in [6.45, 7) is 4.55. The van der Waals surface area contributed by atoms with E-state index in [9.17, 15) is 4.39 Å². The van der Waals surface area contributed by atoms with Crippen LogP contribution in [0.5, 0.6) is 5.75 Å². The van der Waals surface area contributed by atoms with E-state index in [0.29, 0.717) is 18.3 Å². The fourth-order valence-corrected chi connectivity index (χ4v) is 2.60. The Morgan fingerprint density at radius 3 is 2.68 bits per heavy atom. The van der Waals surface area contributed by atoms with E-state index >= 15 is 0 Å². The van der Waals surface area contributed by atoms with Gasteiger partial charge in [-0.2, -0.15) is 0 Å². The van der Waals surface area contributed by atoms with Crippen molar-refractivity contribution in [1.29, 1.82) is 0 Å². The number of hydrogen-bond donors (Lipinski definition) is 1. The molecule has 0 saturated heterocycles. The van der Waals surface area contributed by atoms with Crippen LogP contribution in [0.1, 0.15) is 25.5 Å². The maximum atomic E-state index is 13.7. The van der Waals surface area contributed by atoms with Gasteiger partial charge in [0.05, 0.1) is 0 Å². The number of nitrogens with zero attached hydrogens (tertiary/aromatic N) is 1. The van der Waals surface area contributed by atoms with E-state index in [1.165, 1.54) is 6.07 Å². The minimum absolute atomic E-state index is 0.261. The van der Waals surface area contributed by atoms with Gasteiger partial charge in [-0.25, -0.2) is 4.39 Å². The van der Waals surface area contributed by atoms with E-state index in [0.717, 1.165) is 16.5 Å². The Hall–Kier alpha value is -2.49.